The molecule has 0 saturated carbocycles. The summed E-state index contributed by atoms with van der Waals surface area (Å²) in [6, 6.07) is 25.1. The Morgan fingerprint density at radius 2 is 1.68 bits per heavy atom. The third-order valence-electron chi connectivity index (χ3n) is 6.30. The van der Waals surface area contributed by atoms with Crippen LogP contribution in [0.3, 0.4) is 0 Å². The fourth-order valence-electron chi connectivity index (χ4n) is 4.46. The van der Waals surface area contributed by atoms with Gasteiger partial charge in [0, 0.05) is 28.7 Å². The maximum absolute atomic E-state index is 13.2. The second-order valence-corrected chi connectivity index (χ2v) is 9.60. The standard InChI is InChI=1S/C29H25N3O4S/c1-19-22(21-12-6-8-14-24(21)31(19)17-20-10-4-3-5-11-20)16-26-28(34)32(29(35)37-26)18-27(33)30-23-13-7-9-15-25(23)36-2/h3-16H,17-18H2,1-2H3,(H,30,33)/b26-16-. The van der Waals surface area contributed by atoms with E-state index in [1.165, 1.54) is 12.7 Å². The van der Waals surface area contributed by atoms with Crippen molar-refractivity contribution in [3.05, 3.63) is 101 Å². The molecular formula is C29H25N3O4S. The summed E-state index contributed by atoms with van der Waals surface area (Å²) >= 11 is 0.848. The molecule has 1 saturated heterocycles. The lowest BCUT2D eigenvalue weighted by molar-refractivity contribution is -0.127. The fraction of sp³-hybridized carbons (Fsp3) is 0.138. The van der Waals surface area contributed by atoms with Crippen molar-refractivity contribution in [2.45, 2.75) is 13.5 Å². The van der Waals surface area contributed by atoms with Gasteiger partial charge in [-0.2, -0.15) is 0 Å². The largest absolute Gasteiger partial charge is 0.495 e. The molecule has 186 valence electrons. The second kappa shape index (κ2) is 10.4. The van der Waals surface area contributed by atoms with Gasteiger partial charge < -0.3 is 14.6 Å². The van der Waals surface area contributed by atoms with Gasteiger partial charge >= 0.3 is 0 Å². The van der Waals surface area contributed by atoms with E-state index in [1.807, 2.05) is 43.3 Å². The third kappa shape index (κ3) is 4.88. The predicted octanol–water partition coefficient (Wildman–Crippen LogP) is 5.68. The van der Waals surface area contributed by atoms with Crippen LogP contribution in [0.5, 0.6) is 5.75 Å². The van der Waals surface area contributed by atoms with Gasteiger partial charge in [0.1, 0.15) is 12.3 Å². The zero-order valence-electron chi connectivity index (χ0n) is 20.4. The average Bonchev–Trinajstić information content (AvgIpc) is 3.32. The first-order chi connectivity index (χ1) is 18.0. The van der Waals surface area contributed by atoms with Crippen LogP contribution in [0.4, 0.5) is 10.5 Å². The van der Waals surface area contributed by atoms with E-state index >= 15 is 0 Å². The van der Waals surface area contributed by atoms with Crippen molar-refractivity contribution in [2.24, 2.45) is 0 Å². The Morgan fingerprint density at radius 1 is 0.973 bits per heavy atom. The van der Waals surface area contributed by atoms with Crippen LogP contribution >= 0.6 is 11.8 Å². The molecule has 1 aliphatic heterocycles. The van der Waals surface area contributed by atoms with Crippen LogP contribution in [-0.4, -0.2) is 40.2 Å². The number of para-hydroxylation sites is 3. The number of hydrogen-bond donors (Lipinski definition) is 1. The summed E-state index contributed by atoms with van der Waals surface area (Å²) in [5, 5.41) is 3.23. The molecule has 37 heavy (non-hydrogen) atoms. The molecule has 0 unspecified atom stereocenters. The Labute approximate surface area is 218 Å². The first-order valence-corrected chi connectivity index (χ1v) is 12.6. The highest BCUT2D eigenvalue weighted by Crippen LogP contribution is 2.36. The minimum absolute atomic E-state index is 0.292. The minimum atomic E-state index is -0.483. The number of hydrogen-bond acceptors (Lipinski definition) is 5. The number of aromatic nitrogens is 1. The van der Waals surface area contributed by atoms with Crippen LogP contribution in [0, 0.1) is 6.92 Å². The Kier molecular flexibility index (Phi) is 6.83. The summed E-state index contributed by atoms with van der Waals surface area (Å²) in [5.41, 5.74) is 4.56. The third-order valence-corrected chi connectivity index (χ3v) is 7.20. The summed E-state index contributed by atoms with van der Waals surface area (Å²) < 4.78 is 7.46. The summed E-state index contributed by atoms with van der Waals surface area (Å²) in [5.74, 6) is -0.472. The lowest BCUT2D eigenvalue weighted by Gasteiger charge is -2.14. The summed E-state index contributed by atoms with van der Waals surface area (Å²) in [7, 11) is 1.51. The molecular weight excluding hydrogens is 486 g/mol. The van der Waals surface area contributed by atoms with Gasteiger partial charge in [-0.15, -0.1) is 0 Å². The predicted molar refractivity (Wildman–Crippen MR) is 147 cm³/mol. The van der Waals surface area contributed by atoms with Crippen molar-refractivity contribution in [1.82, 2.24) is 9.47 Å². The van der Waals surface area contributed by atoms with Gasteiger partial charge in [-0.1, -0.05) is 60.7 Å². The van der Waals surface area contributed by atoms with Crippen LogP contribution in [0.25, 0.3) is 17.0 Å². The monoisotopic (exact) mass is 511 g/mol. The highest BCUT2D eigenvalue weighted by molar-refractivity contribution is 8.18. The molecule has 3 amide bonds. The number of anilines is 1. The van der Waals surface area contributed by atoms with Crippen molar-refractivity contribution in [1.29, 1.82) is 0 Å². The molecule has 7 nitrogen and oxygen atoms in total. The second-order valence-electron chi connectivity index (χ2n) is 8.60. The van der Waals surface area contributed by atoms with E-state index in [0.29, 0.717) is 22.9 Å². The van der Waals surface area contributed by atoms with E-state index in [-0.39, 0.29) is 6.54 Å². The molecule has 5 rings (SSSR count). The fourth-order valence-corrected chi connectivity index (χ4v) is 5.28. The Balaban J connectivity index is 1.41. The van der Waals surface area contributed by atoms with Crippen molar-refractivity contribution < 1.29 is 19.1 Å². The molecule has 0 aliphatic carbocycles. The smallest absolute Gasteiger partial charge is 0.294 e. The molecule has 0 bridgehead atoms. The summed E-state index contributed by atoms with van der Waals surface area (Å²) in [4.78, 5) is 39.8. The number of thioether (sulfide) groups is 1. The molecule has 0 spiro atoms. The van der Waals surface area contributed by atoms with Crippen LogP contribution in [-0.2, 0) is 16.1 Å². The van der Waals surface area contributed by atoms with E-state index < -0.39 is 17.1 Å². The highest BCUT2D eigenvalue weighted by Gasteiger charge is 2.36. The first-order valence-electron chi connectivity index (χ1n) is 11.8. The number of imide groups is 1. The SMILES string of the molecule is COc1ccccc1NC(=O)CN1C(=O)S/C(=C\c2c(C)n(Cc3ccccc3)c3ccccc23)C1=O. The van der Waals surface area contributed by atoms with Gasteiger partial charge in [-0.25, -0.2) is 0 Å². The number of ether oxygens (including phenoxy) is 1. The molecule has 2 heterocycles. The van der Waals surface area contributed by atoms with Crippen molar-refractivity contribution in [3.8, 4) is 5.75 Å². The maximum atomic E-state index is 13.2. The molecule has 3 aromatic carbocycles. The number of benzene rings is 3. The Bertz CT molecular complexity index is 1540. The van der Waals surface area contributed by atoms with Gasteiger partial charge in [-0.05, 0) is 48.5 Å². The van der Waals surface area contributed by atoms with Gasteiger partial charge in [-0.3, -0.25) is 19.3 Å². The van der Waals surface area contributed by atoms with Crippen LogP contribution in [0.1, 0.15) is 16.8 Å². The number of rotatable bonds is 7. The molecule has 4 aromatic rings. The molecule has 0 atom stereocenters. The molecule has 1 aromatic heterocycles. The Morgan fingerprint density at radius 3 is 2.46 bits per heavy atom. The van der Waals surface area contributed by atoms with E-state index in [4.69, 9.17) is 4.74 Å². The zero-order valence-corrected chi connectivity index (χ0v) is 21.2. The zero-order chi connectivity index (χ0) is 25.9. The number of amides is 3. The molecule has 1 N–H and O–H groups in total. The maximum Gasteiger partial charge on any atom is 0.294 e. The van der Waals surface area contributed by atoms with Gasteiger partial charge in [0.15, 0.2) is 0 Å². The van der Waals surface area contributed by atoms with E-state index in [2.05, 4.69) is 28.1 Å². The minimum Gasteiger partial charge on any atom is -0.495 e. The number of carbonyl (C=O) groups is 3. The van der Waals surface area contributed by atoms with Crippen molar-refractivity contribution >= 4 is 51.5 Å². The number of methoxy groups -OCH3 is 1. The summed E-state index contributed by atoms with van der Waals surface area (Å²) in [6.45, 7) is 2.32. The van der Waals surface area contributed by atoms with E-state index in [9.17, 15) is 14.4 Å². The number of fused-ring (bicyclic) bond motifs is 1. The van der Waals surface area contributed by atoms with E-state index in [0.717, 1.165) is 38.8 Å². The highest BCUT2D eigenvalue weighted by atomic mass is 32.2. The van der Waals surface area contributed by atoms with Crippen molar-refractivity contribution in [3.63, 3.8) is 0 Å². The summed E-state index contributed by atoms with van der Waals surface area (Å²) in [6.07, 6.45) is 1.77. The lowest BCUT2D eigenvalue weighted by Crippen LogP contribution is -2.36. The molecule has 1 aliphatic rings. The van der Waals surface area contributed by atoms with E-state index in [1.54, 1.807) is 30.3 Å². The number of nitrogens with one attached hydrogen (secondary N) is 1. The van der Waals surface area contributed by atoms with Gasteiger partial charge in [0.05, 0.1) is 17.7 Å². The molecule has 8 heteroatoms. The van der Waals surface area contributed by atoms with Crippen LogP contribution in [0.2, 0.25) is 0 Å². The normalized spacial score (nSPS) is 14.5. The van der Waals surface area contributed by atoms with Crippen LogP contribution < -0.4 is 10.1 Å². The molecule has 0 radical (unpaired) electrons. The lowest BCUT2D eigenvalue weighted by atomic mass is 10.1. The quantitative estimate of drug-likeness (QED) is 0.323. The molecule has 1 fully saturated rings. The first kappa shape index (κ1) is 24.4. The average molecular weight is 512 g/mol. The Hall–Kier alpha value is -4.30. The van der Waals surface area contributed by atoms with Crippen molar-refractivity contribution in [2.75, 3.05) is 19.0 Å². The van der Waals surface area contributed by atoms with Gasteiger partial charge in [0.25, 0.3) is 11.1 Å². The van der Waals surface area contributed by atoms with Gasteiger partial charge in [0.2, 0.25) is 5.91 Å². The number of nitrogens with zero attached hydrogens (tertiary/aromatic N) is 2. The van der Waals surface area contributed by atoms with Crippen LogP contribution in [0.15, 0.2) is 83.8 Å². The number of carbonyl (C=O) groups excluding carboxylic acids is 3. The topological polar surface area (TPSA) is 80.6 Å².